The second-order valence-corrected chi connectivity index (χ2v) is 7.17. The Labute approximate surface area is 145 Å². The number of nitrogens with zero attached hydrogens (tertiary/aromatic N) is 2. The highest BCUT2D eigenvalue weighted by Crippen LogP contribution is 2.17. The maximum atomic E-state index is 11.4. The summed E-state index contributed by atoms with van der Waals surface area (Å²) in [6.07, 6.45) is 3.63. The van der Waals surface area contributed by atoms with Gasteiger partial charge in [0.25, 0.3) is 0 Å². The van der Waals surface area contributed by atoms with E-state index in [0.717, 1.165) is 28.5 Å². The Morgan fingerprint density at radius 1 is 1.12 bits per heavy atom. The minimum absolute atomic E-state index is 0.580. The van der Waals surface area contributed by atoms with Crippen LogP contribution < -0.4 is 5.32 Å². The lowest BCUT2D eigenvalue weighted by molar-refractivity contribution is 0.686. The Kier molecular flexibility index (Phi) is 5.11. The van der Waals surface area contributed by atoms with E-state index in [1.807, 2.05) is 49.5 Å². The lowest BCUT2D eigenvalue weighted by atomic mass is 10.2. The summed E-state index contributed by atoms with van der Waals surface area (Å²) in [5.74, 6) is 1.55. The van der Waals surface area contributed by atoms with Gasteiger partial charge in [0.15, 0.2) is 0 Å². The van der Waals surface area contributed by atoms with Crippen molar-refractivity contribution >= 4 is 16.5 Å². The molecule has 0 aliphatic rings. The summed E-state index contributed by atoms with van der Waals surface area (Å²) >= 11 is 0. The molecule has 0 spiro atoms. The fraction of sp³-hybridized carbons (Fsp3) is 0.211. The van der Waals surface area contributed by atoms with E-state index in [1.165, 1.54) is 0 Å². The van der Waals surface area contributed by atoms with Crippen LogP contribution in [0, 0.1) is 6.92 Å². The molecular weight excluding hydrogens is 318 g/mol. The Hall–Kier alpha value is -2.40. The van der Waals surface area contributed by atoms with Gasteiger partial charge in [0.1, 0.15) is 5.82 Å². The second kappa shape index (κ2) is 7.45. The van der Waals surface area contributed by atoms with E-state index in [0.29, 0.717) is 12.3 Å². The number of nitrogens with one attached hydrogen (secondary N) is 1. The average molecular weight is 339 g/mol. The van der Waals surface area contributed by atoms with Gasteiger partial charge in [-0.1, -0.05) is 30.3 Å². The third kappa shape index (κ3) is 3.92. The van der Waals surface area contributed by atoms with E-state index in [-0.39, 0.29) is 0 Å². The van der Waals surface area contributed by atoms with Crippen molar-refractivity contribution in [1.82, 2.24) is 9.55 Å². The van der Waals surface area contributed by atoms with Gasteiger partial charge < -0.3 is 5.32 Å². The minimum atomic E-state index is -0.832. The summed E-state index contributed by atoms with van der Waals surface area (Å²) in [5, 5.41) is 3.44. The van der Waals surface area contributed by atoms with Gasteiger partial charge in [-0.05, 0) is 36.8 Å². The third-order valence-electron chi connectivity index (χ3n) is 3.80. The molecule has 0 amide bonds. The van der Waals surface area contributed by atoms with Gasteiger partial charge in [-0.3, -0.25) is 8.78 Å². The van der Waals surface area contributed by atoms with Crippen molar-refractivity contribution in [2.75, 3.05) is 11.6 Å². The summed E-state index contributed by atoms with van der Waals surface area (Å²) in [5.41, 5.74) is 4.31. The molecule has 0 unspecified atom stereocenters. The number of aromatic nitrogens is 2. The first kappa shape index (κ1) is 16.5. The van der Waals surface area contributed by atoms with Gasteiger partial charge in [-0.25, -0.2) is 4.98 Å². The van der Waals surface area contributed by atoms with Crippen molar-refractivity contribution in [3.05, 3.63) is 77.9 Å². The maximum Gasteiger partial charge on any atom is 0.110 e. The molecule has 124 valence electrons. The number of benzene rings is 2. The zero-order valence-electron chi connectivity index (χ0n) is 13.9. The molecule has 1 atom stereocenters. The van der Waals surface area contributed by atoms with Crippen LogP contribution in [0.2, 0.25) is 0 Å². The van der Waals surface area contributed by atoms with Gasteiger partial charge in [0, 0.05) is 34.2 Å². The minimum Gasteiger partial charge on any atom is -0.379 e. The van der Waals surface area contributed by atoms with Crippen LogP contribution in [0.3, 0.4) is 0 Å². The number of anilines is 1. The number of para-hydroxylation sites is 1. The van der Waals surface area contributed by atoms with Crippen molar-refractivity contribution in [3.8, 4) is 5.69 Å². The Balaban J connectivity index is 1.78. The predicted molar refractivity (Wildman–Crippen MR) is 99.8 cm³/mol. The summed E-state index contributed by atoms with van der Waals surface area (Å²) in [7, 11) is -0.832. The molecule has 24 heavy (non-hydrogen) atoms. The van der Waals surface area contributed by atoms with Gasteiger partial charge in [0.2, 0.25) is 0 Å². The SMILES string of the molecule is Cc1ncc(CNc2cccc(C[S@](C)=O)c2)n1-c1ccccc1. The number of hydrogen-bond donors (Lipinski definition) is 1. The van der Waals surface area contributed by atoms with Crippen LogP contribution in [0.1, 0.15) is 17.1 Å². The molecular formula is C19H21N3OS. The Bertz CT molecular complexity index is 843. The molecule has 4 nitrogen and oxygen atoms in total. The van der Waals surface area contributed by atoms with E-state index in [2.05, 4.69) is 33.1 Å². The predicted octanol–water partition coefficient (Wildman–Crippen LogP) is 3.67. The van der Waals surface area contributed by atoms with E-state index in [1.54, 1.807) is 6.26 Å². The molecule has 0 radical (unpaired) electrons. The number of imidazole rings is 1. The maximum absolute atomic E-state index is 11.4. The first-order valence-electron chi connectivity index (χ1n) is 7.85. The molecule has 0 aliphatic heterocycles. The topological polar surface area (TPSA) is 46.9 Å². The summed E-state index contributed by atoms with van der Waals surface area (Å²) in [6.45, 7) is 2.68. The van der Waals surface area contributed by atoms with Crippen LogP contribution in [0.15, 0.2) is 60.8 Å². The first-order valence-corrected chi connectivity index (χ1v) is 9.57. The lowest BCUT2D eigenvalue weighted by Crippen LogP contribution is -2.07. The van der Waals surface area contributed by atoms with E-state index < -0.39 is 10.8 Å². The van der Waals surface area contributed by atoms with E-state index in [4.69, 9.17) is 0 Å². The fourth-order valence-corrected chi connectivity index (χ4v) is 3.39. The van der Waals surface area contributed by atoms with Crippen LogP contribution in [0.25, 0.3) is 5.69 Å². The quantitative estimate of drug-likeness (QED) is 0.745. The fourth-order valence-electron chi connectivity index (χ4n) is 2.74. The summed E-state index contributed by atoms with van der Waals surface area (Å²) in [6, 6.07) is 18.3. The van der Waals surface area contributed by atoms with Crippen LogP contribution in [0.5, 0.6) is 0 Å². The zero-order valence-corrected chi connectivity index (χ0v) is 14.7. The smallest absolute Gasteiger partial charge is 0.110 e. The van der Waals surface area contributed by atoms with Crippen LogP contribution in [0.4, 0.5) is 5.69 Å². The average Bonchev–Trinajstić information content (AvgIpc) is 2.94. The Morgan fingerprint density at radius 2 is 1.92 bits per heavy atom. The van der Waals surface area contributed by atoms with Crippen LogP contribution in [-0.2, 0) is 23.1 Å². The molecule has 0 bridgehead atoms. The number of rotatable bonds is 6. The summed E-state index contributed by atoms with van der Waals surface area (Å²) in [4.78, 5) is 4.44. The van der Waals surface area contributed by atoms with Crippen molar-refractivity contribution < 1.29 is 4.21 Å². The molecule has 0 saturated heterocycles. The largest absolute Gasteiger partial charge is 0.379 e. The van der Waals surface area contributed by atoms with Gasteiger partial charge in [-0.2, -0.15) is 0 Å². The molecule has 2 aromatic carbocycles. The highest BCUT2D eigenvalue weighted by atomic mass is 32.2. The van der Waals surface area contributed by atoms with Crippen LogP contribution in [-0.4, -0.2) is 20.0 Å². The van der Waals surface area contributed by atoms with Gasteiger partial charge in [0.05, 0.1) is 18.4 Å². The molecule has 0 saturated carbocycles. The van der Waals surface area contributed by atoms with E-state index in [9.17, 15) is 4.21 Å². The third-order valence-corrected chi connectivity index (χ3v) is 4.54. The molecule has 3 aromatic rings. The molecule has 1 N–H and O–H groups in total. The molecule has 5 heteroatoms. The summed E-state index contributed by atoms with van der Waals surface area (Å²) < 4.78 is 13.5. The molecule has 3 rings (SSSR count). The molecule has 1 heterocycles. The highest BCUT2D eigenvalue weighted by Gasteiger charge is 2.08. The molecule has 1 aromatic heterocycles. The van der Waals surface area contributed by atoms with Crippen molar-refractivity contribution in [2.24, 2.45) is 0 Å². The number of aryl methyl sites for hydroxylation is 1. The first-order chi connectivity index (χ1) is 11.6. The Morgan fingerprint density at radius 3 is 2.67 bits per heavy atom. The standard InChI is InChI=1S/C19H21N3OS/c1-15-20-12-19(22(15)18-9-4-3-5-10-18)13-21-17-8-6-7-16(11-17)14-24(2)23/h3-12,21H,13-14H2,1-2H3/t24-/m0/s1. The monoisotopic (exact) mass is 339 g/mol. The van der Waals surface area contributed by atoms with Crippen molar-refractivity contribution in [1.29, 1.82) is 0 Å². The van der Waals surface area contributed by atoms with Crippen molar-refractivity contribution in [2.45, 2.75) is 19.2 Å². The molecule has 0 aliphatic carbocycles. The lowest BCUT2D eigenvalue weighted by Gasteiger charge is -2.12. The number of hydrogen-bond acceptors (Lipinski definition) is 3. The van der Waals surface area contributed by atoms with Crippen molar-refractivity contribution in [3.63, 3.8) is 0 Å². The van der Waals surface area contributed by atoms with Gasteiger partial charge in [-0.15, -0.1) is 0 Å². The van der Waals surface area contributed by atoms with Crippen LogP contribution >= 0.6 is 0 Å². The van der Waals surface area contributed by atoms with E-state index >= 15 is 0 Å². The highest BCUT2D eigenvalue weighted by molar-refractivity contribution is 7.83. The zero-order chi connectivity index (χ0) is 16.9. The molecule has 0 fully saturated rings. The van der Waals surface area contributed by atoms with Gasteiger partial charge >= 0.3 is 0 Å². The second-order valence-electron chi connectivity index (χ2n) is 5.74. The normalized spacial score (nSPS) is 12.1.